The summed E-state index contributed by atoms with van der Waals surface area (Å²) < 4.78 is 8.00. The van der Waals surface area contributed by atoms with Crippen LogP contribution in [0.2, 0.25) is 5.15 Å². The van der Waals surface area contributed by atoms with Gasteiger partial charge in [0.25, 0.3) is 0 Å². The van der Waals surface area contributed by atoms with E-state index in [9.17, 15) is 0 Å². The van der Waals surface area contributed by atoms with Crippen molar-refractivity contribution in [2.75, 3.05) is 12.4 Å². The fourth-order valence-electron chi connectivity index (χ4n) is 1.55. The quantitative estimate of drug-likeness (QED) is 0.933. The van der Waals surface area contributed by atoms with Gasteiger partial charge >= 0.3 is 0 Å². The van der Waals surface area contributed by atoms with Gasteiger partial charge in [0.1, 0.15) is 16.7 Å². The van der Waals surface area contributed by atoms with Crippen LogP contribution in [0.3, 0.4) is 0 Å². The molecule has 0 saturated carbocycles. The Hall–Kier alpha value is -1.20. The molecule has 4 nitrogen and oxygen atoms in total. The summed E-state index contributed by atoms with van der Waals surface area (Å²) in [5.41, 5.74) is 0.959. The van der Waals surface area contributed by atoms with E-state index in [1.807, 2.05) is 29.8 Å². The van der Waals surface area contributed by atoms with Crippen LogP contribution in [-0.2, 0) is 13.6 Å². The summed E-state index contributed by atoms with van der Waals surface area (Å²) >= 11 is 9.37. The van der Waals surface area contributed by atoms with E-state index in [0.29, 0.717) is 11.7 Å². The van der Waals surface area contributed by atoms with E-state index in [2.05, 4.69) is 26.2 Å². The molecule has 6 heteroatoms. The van der Waals surface area contributed by atoms with Crippen LogP contribution in [0.25, 0.3) is 0 Å². The third-order valence-corrected chi connectivity index (χ3v) is 3.39. The number of nitrogens with zero attached hydrogens (tertiary/aromatic N) is 2. The largest absolute Gasteiger partial charge is 0.497 e. The summed E-state index contributed by atoms with van der Waals surface area (Å²) in [6.45, 7) is 0.600. The monoisotopic (exact) mass is 329 g/mol. The zero-order valence-electron chi connectivity index (χ0n) is 10.1. The number of imidazole rings is 1. The zero-order chi connectivity index (χ0) is 13.1. The summed E-state index contributed by atoms with van der Waals surface area (Å²) in [7, 11) is 3.53. The lowest BCUT2D eigenvalue weighted by molar-refractivity contribution is 0.414. The number of hydrogen-bond donors (Lipinski definition) is 1. The average Bonchev–Trinajstić information content (AvgIpc) is 2.67. The maximum absolute atomic E-state index is 5.93. The Labute approximate surface area is 119 Å². The minimum atomic E-state index is 0.600. The molecule has 2 aromatic rings. The average molecular weight is 331 g/mol. The van der Waals surface area contributed by atoms with Gasteiger partial charge in [-0.3, -0.25) is 0 Å². The molecule has 0 radical (unpaired) electrons. The van der Waals surface area contributed by atoms with E-state index in [1.54, 1.807) is 13.3 Å². The van der Waals surface area contributed by atoms with E-state index >= 15 is 0 Å². The summed E-state index contributed by atoms with van der Waals surface area (Å²) in [5, 5.41) is 3.90. The highest BCUT2D eigenvalue weighted by Crippen LogP contribution is 2.24. The first-order valence-electron chi connectivity index (χ1n) is 5.34. The number of nitrogens with one attached hydrogen (secondary N) is 1. The van der Waals surface area contributed by atoms with Gasteiger partial charge < -0.3 is 14.6 Å². The molecule has 1 aromatic heterocycles. The van der Waals surface area contributed by atoms with Gasteiger partial charge in [0.05, 0.1) is 19.9 Å². The first kappa shape index (κ1) is 13.2. The highest BCUT2D eigenvalue weighted by Gasteiger charge is 2.05. The minimum absolute atomic E-state index is 0.600. The third kappa shape index (κ3) is 2.97. The van der Waals surface area contributed by atoms with Crippen LogP contribution < -0.4 is 10.1 Å². The van der Waals surface area contributed by atoms with Gasteiger partial charge in [-0.25, -0.2) is 4.98 Å². The number of anilines is 1. The van der Waals surface area contributed by atoms with E-state index in [1.165, 1.54) is 0 Å². The Kier molecular flexibility index (Phi) is 4.14. The summed E-state index contributed by atoms with van der Waals surface area (Å²) in [4.78, 5) is 4.22. The summed E-state index contributed by atoms with van der Waals surface area (Å²) in [6, 6.07) is 5.81. The molecule has 1 heterocycles. The highest BCUT2D eigenvalue weighted by molar-refractivity contribution is 9.10. The second kappa shape index (κ2) is 5.63. The fraction of sp³-hybridized carbons (Fsp3) is 0.250. The van der Waals surface area contributed by atoms with Crippen molar-refractivity contribution < 1.29 is 4.74 Å². The fourth-order valence-corrected chi connectivity index (χ4v) is 2.17. The van der Waals surface area contributed by atoms with Gasteiger partial charge in [0.15, 0.2) is 0 Å². The number of methoxy groups -OCH3 is 1. The molecule has 1 N–H and O–H groups in total. The van der Waals surface area contributed by atoms with Crippen molar-refractivity contribution in [3.05, 3.63) is 39.8 Å². The molecule has 0 fully saturated rings. The van der Waals surface area contributed by atoms with Crippen molar-refractivity contribution in [1.82, 2.24) is 9.55 Å². The predicted molar refractivity (Wildman–Crippen MR) is 76.2 cm³/mol. The van der Waals surface area contributed by atoms with Crippen molar-refractivity contribution >= 4 is 33.2 Å². The van der Waals surface area contributed by atoms with E-state index in [0.717, 1.165) is 21.7 Å². The van der Waals surface area contributed by atoms with Crippen LogP contribution in [0.5, 0.6) is 5.75 Å². The molecule has 96 valence electrons. The lowest BCUT2D eigenvalue weighted by Gasteiger charge is -2.09. The Morgan fingerprint density at radius 2 is 2.22 bits per heavy atom. The maximum Gasteiger partial charge on any atom is 0.128 e. The number of benzene rings is 1. The van der Waals surface area contributed by atoms with Crippen LogP contribution in [0, 0.1) is 0 Å². The van der Waals surface area contributed by atoms with Gasteiger partial charge in [-0.05, 0) is 12.1 Å². The van der Waals surface area contributed by atoms with Crippen LogP contribution >= 0.6 is 27.5 Å². The van der Waals surface area contributed by atoms with Crippen LogP contribution in [0.1, 0.15) is 5.82 Å². The molecule has 0 aliphatic carbocycles. The topological polar surface area (TPSA) is 39.1 Å². The van der Waals surface area contributed by atoms with Gasteiger partial charge in [0.2, 0.25) is 0 Å². The highest BCUT2D eigenvalue weighted by atomic mass is 79.9. The Morgan fingerprint density at radius 1 is 1.44 bits per heavy atom. The molecule has 0 amide bonds. The first-order valence-corrected chi connectivity index (χ1v) is 6.52. The lowest BCUT2D eigenvalue weighted by atomic mass is 10.3. The first-order chi connectivity index (χ1) is 8.60. The van der Waals surface area contributed by atoms with E-state index in [-0.39, 0.29) is 0 Å². The molecule has 1 aromatic carbocycles. The molecule has 0 saturated heterocycles. The maximum atomic E-state index is 5.93. The minimum Gasteiger partial charge on any atom is -0.497 e. The van der Waals surface area contributed by atoms with Crippen LogP contribution in [0.4, 0.5) is 5.69 Å². The Morgan fingerprint density at radius 3 is 2.83 bits per heavy atom. The van der Waals surface area contributed by atoms with E-state index < -0.39 is 0 Å². The number of rotatable bonds is 4. The second-order valence-corrected chi connectivity index (χ2v) is 5.09. The Bertz CT molecular complexity index is 556. The second-order valence-electron chi connectivity index (χ2n) is 3.79. The number of aromatic nitrogens is 2. The predicted octanol–water partition coefficient (Wildman–Crippen LogP) is 3.46. The molecule has 0 atom stereocenters. The molecule has 0 unspecified atom stereocenters. The van der Waals surface area contributed by atoms with Gasteiger partial charge in [-0.2, -0.15) is 0 Å². The van der Waals surface area contributed by atoms with Crippen LogP contribution in [-0.4, -0.2) is 16.7 Å². The molecule has 0 aliphatic heterocycles. The Balaban J connectivity index is 2.10. The number of ether oxygens (including phenoxy) is 1. The molecule has 2 rings (SSSR count). The van der Waals surface area contributed by atoms with Gasteiger partial charge in [0, 0.05) is 23.3 Å². The zero-order valence-corrected chi connectivity index (χ0v) is 12.4. The van der Waals surface area contributed by atoms with Crippen molar-refractivity contribution in [1.29, 1.82) is 0 Å². The molecule has 0 spiro atoms. The van der Waals surface area contributed by atoms with Crippen molar-refractivity contribution in [2.45, 2.75) is 6.54 Å². The van der Waals surface area contributed by atoms with Gasteiger partial charge in [-0.15, -0.1) is 0 Å². The van der Waals surface area contributed by atoms with Crippen molar-refractivity contribution in [2.24, 2.45) is 7.05 Å². The summed E-state index contributed by atoms with van der Waals surface area (Å²) in [6.07, 6.45) is 1.64. The molecular weight excluding hydrogens is 318 g/mol. The lowest BCUT2D eigenvalue weighted by Crippen LogP contribution is -2.06. The molecule has 18 heavy (non-hydrogen) atoms. The van der Waals surface area contributed by atoms with Crippen molar-refractivity contribution in [3.63, 3.8) is 0 Å². The molecular formula is C12H13BrClN3O. The SMILES string of the molecule is COc1cc(Br)cc(NCc2ncc(Cl)n2C)c1. The molecule has 0 aliphatic rings. The van der Waals surface area contributed by atoms with Gasteiger partial charge in [-0.1, -0.05) is 27.5 Å². The van der Waals surface area contributed by atoms with Crippen molar-refractivity contribution in [3.8, 4) is 5.75 Å². The number of halogens is 2. The van der Waals surface area contributed by atoms with E-state index in [4.69, 9.17) is 16.3 Å². The molecule has 0 bridgehead atoms. The van der Waals surface area contributed by atoms with Crippen LogP contribution in [0.15, 0.2) is 28.9 Å². The summed E-state index contributed by atoms with van der Waals surface area (Å²) in [5.74, 6) is 1.67. The smallest absolute Gasteiger partial charge is 0.128 e. The third-order valence-electron chi connectivity index (χ3n) is 2.59. The normalized spacial score (nSPS) is 10.4. The standard InChI is InChI=1S/C12H13BrClN3O/c1-17-11(14)6-16-12(17)7-15-9-3-8(13)4-10(5-9)18-2/h3-6,15H,7H2,1-2H3. The number of hydrogen-bond acceptors (Lipinski definition) is 3.